The first kappa shape index (κ1) is 20.8. The van der Waals surface area contributed by atoms with Crippen molar-refractivity contribution < 1.29 is 14.6 Å². The minimum Gasteiger partial charge on any atom is -0.487 e. The van der Waals surface area contributed by atoms with E-state index in [1.807, 2.05) is 36.4 Å². The van der Waals surface area contributed by atoms with Gasteiger partial charge in [-0.2, -0.15) is 5.10 Å². The number of carboxylic acids is 1. The number of carbonyl (C=O) groups is 1. The van der Waals surface area contributed by atoms with Crippen LogP contribution in [0.25, 0.3) is 10.8 Å². The van der Waals surface area contributed by atoms with Crippen LogP contribution >= 0.6 is 0 Å². The molecular formula is C24H21N5O3. The monoisotopic (exact) mass is 427 g/mol. The Labute approximate surface area is 184 Å². The number of carboxylic acid groups (broad SMARTS) is 1. The van der Waals surface area contributed by atoms with Crippen LogP contribution in [0.3, 0.4) is 0 Å². The summed E-state index contributed by atoms with van der Waals surface area (Å²) >= 11 is 0. The van der Waals surface area contributed by atoms with E-state index in [1.165, 1.54) is 0 Å². The summed E-state index contributed by atoms with van der Waals surface area (Å²) in [6.07, 6.45) is 4.88. The van der Waals surface area contributed by atoms with Crippen LogP contribution in [0, 0.1) is 6.92 Å². The second kappa shape index (κ2) is 9.13. The first-order valence-electron chi connectivity index (χ1n) is 9.85. The zero-order valence-electron chi connectivity index (χ0n) is 17.3. The van der Waals surface area contributed by atoms with Gasteiger partial charge in [-0.1, -0.05) is 30.3 Å². The van der Waals surface area contributed by atoms with Crippen molar-refractivity contribution in [2.75, 3.05) is 5.32 Å². The number of benzene rings is 3. The molecule has 32 heavy (non-hydrogen) atoms. The van der Waals surface area contributed by atoms with Crippen LogP contribution in [0.5, 0.6) is 5.75 Å². The molecule has 0 radical (unpaired) electrons. The molecule has 0 fully saturated rings. The van der Waals surface area contributed by atoms with Crippen molar-refractivity contribution in [2.45, 2.75) is 13.5 Å². The number of fused-ring (bicyclic) bond motifs is 1. The number of nitrogens with one attached hydrogen (secondary N) is 1. The van der Waals surface area contributed by atoms with Crippen molar-refractivity contribution in [1.29, 1.82) is 0 Å². The minimum atomic E-state index is -0.948. The predicted molar refractivity (Wildman–Crippen MR) is 124 cm³/mol. The Kier molecular flexibility index (Phi) is 5.94. The van der Waals surface area contributed by atoms with E-state index in [1.54, 1.807) is 43.7 Å². The molecule has 0 saturated carbocycles. The number of anilines is 2. The van der Waals surface area contributed by atoms with Gasteiger partial charge in [0.1, 0.15) is 12.4 Å². The molecule has 1 aromatic heterocycles. The topological polar surface area (TPSA) is 123 Å². The number of aryl methyl sites for hydroxylation is 1. The van der Waals surface area contributed by atoms with Gasteiger partial charge in [0.15, 0.2) is 0 Å². The third-order valence-corrected chi connectivity index (χ3v) is 4.95. The standard InChI is InChI=1S/C24H21N5O3/c1-15-11-17(4-7-19(15)23(30)31)14-32-21-8-6-18-5-3-16(13-28-25)12-20(18)22(21)29-24-26-9-2-10-27-24/h2-13H,14,25H2,1H3,(H,30,31)(H,26,27,29). The van der Waals surface area contributed by atoms with Gasteiger partial charge >= 0.3 is 5.97 Å². The Morgan fingerprint density at radius 2 is 1.94 bits per heavy atom. The molecule has 0 saturated heterocycles. The average molecular weight is 427 g/mol. The van der Waals surface area contributed by atoms with Crippen molar-refractivity contribution in [3.05, 3.63) is 89.2 Å². The average Bonchev–Trinajstić information content (AvgIpc) is 2.79. The summed E-state index contributed by atoms with van der Waals surface area (Å²) in [6.45, 7) is 2.03. The van der Waals surface area contributed by atoms with Crippen molar-refractivity contribution in [2.24, 2.45) is 10.9 Å². The quantitative estimate of drug-likeness (QED) is 0.229. The van der Waals surface area contributed by atoms with Crippen LogP contribution in [0.4, 0.5) is 11.6 Å². The van der Waals surface area contributed by atoms with E-state index >= 15 is 0 Å². The lowest BCUT2D eigenvalue weighted by atomic mass is 10.0. The molecule has 0 aliphatic rings. The molecule has 0 spiro atoms. The molecule has 3 aromatic carbocycles. The number of hydrazone groups is 1. The van der Waals surface area contributed by atoms with Crippen molar-refractivity contribution >= 4 is 34.6 Å². The SMILES string of the molecule is Cc1cc(COc2ccc3ccc(C=NN)cc3c2Nc2ncccn2)ccc1C(=O)O. The molecule has 0 aliphatic carbocycles. The van der Waals surface area contributed by atoms with Crippen LogP contribution in [-0.2, 0) is 6.61 Å². The Balaban J connectivity index is 1.71. The third-order valence-electron chi connectivity index (χ3n) is 4.95. The molecule has 0 amide bonds. The zero-order chi connectivity index (χ0) is 22.5. The fourth-order valence-electron chi connectivity index (χ4n) is 3.42. The summed E-state index contributed by atoms with van der Waals surface area (Å²) < 4.78 is 6.13. The van der Waals surface area contributed by atoms with Gasteiger partial charge in [-0.05, 0) is 53.3 Å². The van der Waals surface area contributed by atoms with Gasteiger partial charge in [0, 0.05) is 17.8 Å². The maximum atomic E-state index is 11.3. The molecule has 0 aliphatic heterocycles. The molecule has 4 rings (SSSR count). The van der Waals surface area contributed by atoms with Gasteiger partial charge in [0.25, 0.3) is 0 Å². The number of aromatic nitrogens is 2. The predicted octanol–water partition coefficient (Wildman–Crippen LogP) is 4.25. The minimum absolute atomic E-state index is 0.264. The molecule has 0 unspecified atom stereocenters. The van der Waals surface area contributed by atoms with E-state index in [0.29, 0.717) is 22.9 Å². The summed E-state index contributed by atoms with van der Waals surface area (Å²) in [6, 6.07) is 16.6. The van der Waals surface area contributed by atoms with E-state index in [2.05, 4.69) is 20.4 Å². The maximum Gasteiger partial charge on any atom is 0.335 e. The maximum absolute atomic E-state index is 11.3. The number of nitrogens with two attached hydrogens (primary N) is 1. The number of nitrogens with zero attached hydrogens (tertiary/aromatic N) is 3. The lowest BCUT2D eigenvalue weighted by molar-refractivity contribution is 0.0696. The van der Waals surface area contributed by atoms with E-state index in [-0.39, 0.29) is 12.2 Å². The number of aromatic carboxylic acids is 1. The Bertz CT molecular complexity index is 1310. The molecule has 1 heterocycles. The van der Waals surface area contributed by atoms with Crippen LogP contribution in [0.1, 0.15) is 27.0 Å². The highest BCUT2D eigenvalue weighted by molar-refractivity contribution is 6.01. The van der Waals surface area contributed by atoms with E-state index in [0.717, 1.165) is 21.9 Å². The Morgan fingerprint density at radius 3 is 2.66 bits per heavy atom. The fraction of sp³-hybridized carbons (Fsp3) is 0.0833. The second-order valence-corrected chi connectivity index (χ2v) is 7.14. The second-order valence-electron chi connectivity index (χ2n) is 7.14. The highest BCUT2D eigenvalue weighted by Gasteiger charge is 2.13. The number of hydrogen-bond acceptors (Lipinski definition) is 7. The normalized spacial score (nSPS) is 11.0. The van der Waals surface area contributed by atoms with Gasteiger partial charge in [-0.25, -0.2) is 14.8 Å². The highest BCUT2D eigenvalue weighted by atomic mass is 16.5. The van der Waals surface area contributed by atoms with E-state index in [4.69, 9.17) is 10.6 Å². The van der Waals surface area contributed by atoms with Gasteiger partial charge < -0.3 is 21.0 Å². The zero-order valence-corrected chi connectivity index (χ0v) is 17.3. The van der Waals surface area contributed by atoms with Gasteiger partial charge in [-0.3, -0.25) is 0 Å². The first-order chi connectivity index (χ1) is 15.5. The molecule has 0 atom stereocenters. The van der Waals surface area contributed by atoms with E-state index in [9.17, 15) is 9.90 Å². The Morgan fingerprint density at radius 1 is 1.16 bits per heavy atom. The molecule has 8 heteroatoms. The van der Waals surface area contributed by atoms with E-state index < -0.39 is 5.97 Å². The van der Waals surface area contributed by atoms with Crippen molar-refractivity contribution in [1.82, 2.24) is 9.97 Å². The number of hydrogen-bond donors (Lipinski definition) is 3. The molecule has 0 bridgehead atoms. The van der Waals surface area contributed by atoms with Crippen molar-refractivity contribution in [3.8, 4) is 5.75 Å². The largest absolute Gasteiger partial charge is 0.487 e. The number of ether oxygens (including phenoxy) is 1. The lowest BCUT2D eigenvalue weighted by Gasteiger charge is -2.16. The Hall–Kier alpha value is -4.46. The first-order valence-corrected chi connectivity index (χ1v) is 9.85. The number of rotatable bonds is 7. The molecule has 8 nitrogen and oxygen atoms in total. The summed E-state index contributed by atoms with van der Waals surface area (Å²) in [4.78, 5) is 19.8. The summed E-state index contributed by atoms with van der Waals surface area (Å²) in [5.74, 6) is 5.41. The third kappa shape index (κ3) is 4.49. The highest BCUT2D eigenvalue weighted by Crippen LogP contribution is 2.36. The summed E-state index contributed by atoms with van der Waals surface area (Å²) in [7, 11) is 0. The lowest BCUT2D eigenvalue weighted by Crippen LogP contribution is -2.04. The van der Waals surface area contributed by atoms with Crippen LogP contribution in [0.15, 0.2) is 72.1 Å². The summed E-state index contributed by atoms with van der Waals surface area (Å²) in [5, 5.41) is 18.0. The van der Waals surface area contributed by atoms with Crippen LogP contribution in [0.2, 0.25) is 0 Å². The smallest absolute Gasteiger partial charge is 0.335 e. The molecule has 4 N–H and O–H groups in total. The van der Waals surface area contributed by atoms with Gasteiger partial charge in [0.2, 0.25) is 5.95 Å². The molecule has 4 aromatic rings. The van der Waals surface area contributed by atoms with Crippen LogP contribution in [-0.4, -0.2) is 27.3 Å². The van der Waals surface area contributed by atoms with Crippen LogP contribution < -0.4 is 15.9 Å². The molecular weight excluding hydrogens is 406 g/mol. The van der Waals surface area contributed by atoms with Crippen molar-refractivity contribution in [3.63, 3.8) is 0 Å². The summed E-state index contributed by atoms with van der Waals surface area (Å²) in [5.41, 5.74) is 3.36. The molecule has 160 valence electrons. The van der Waals surface area contributed by atoms with Gasteiger partial charge in [0.05, 0.1) is 17.5 Å². The fourth-order valence-corrected chi connectivity index (χ4v) is 3.42. The van der Waals surface area contributed by atoms with Gasteiger partial charge in [-0.15, -0.1) is 0 Å².